The average molecular weight is 495 g/mol. The van der Waals surface area contributed by atoms with Gasteiger partial charge in [-0.15, -0.1) is 0 Å². The molecule has 5 rings (SSSR count). The Balaban J connectivity index is 1.40. The fourth-order valence-corrected chi connectivity index (χ4v) is 4.19. The highest BCUT2D eigenvalue weighted by atomic mass is 16.1. The number of hydrogen-bond acceptors (Lipinski definition) is 8. The lowest BCUT2D eigenvalue weighted by Gasteiger charge is -2.32. The molecule has 0 radical (unpaired) electrons. The normalized spacial score (nSPS) is 14.0. The number of fused-ring (bicyclic) bond motifs is 1. The number of piperazine rings is 1. The summed E-state index contributed by atoms with van der Waals surface area (Å²) in [7, 11) is 2.12. The van der Waals surface area contributed by atoms with Crippen LogP contribution in [-0.4, -0.2) is 64.0 Å². The molecule has 0 saturated carbocycles. The van der Waals surface area contributed by atoms with Gasteiger partial charge in [0.2, 0.25) is 5.95 Å². The zero-order valence-corrected chi connectivity index (χ0v) is 21.3. The Hall–Kier alpha value is -4.37. The van der Waals surface area contributed by atoms with Gasteiger partial charge in [-0.3, -0.25) is 4.79 Å². The van der Waals surface area contributed by atoms with Crippen LogP contribution in [0.25, 0.3) is 16.6 Å². The molecule has 3 heterocycles. The van der Waals surface area contributed by atoms with Crippen LogP contribution in [0.1, 0.15) is 28.4 Å². The molecule has 1 aliphatic heterocycles. The number of aryl methyl sites for hydroxylation is 1. The second-order valence-electron chi connectivity index (χ2n) is 9.39. The number of carbonyl (C=O) groups is 1. The Kier molecular flexibility index (Phi) is 6.78. The van der Waals surface area contributed by atoms with Crippen LogP contribution in [0.2, 0.25) is 0 Å². The van der Waals surface area contributed by atoms with E-state index in [0.29, 0.717) is 28.4 Å². The van der Waals surface area contributed by atoms with Crippen molar-refractivity contribution in [3.05, 3.63) is 78.3 Å². The number of benzene rings is 2. The third-order valence-electron chi connectivity index (χ3n) is 6.52. The predicted octanol–water partition coefficient (Wildman–Crippen LogP) is 4.51. The van der Waals surface area contributed by atoms with Crippen molar-refractivity contribution < 1.29 is 4.79 Å². The quantitative estimate of drug-likeness (QED) is 0.404. The first-order valence-corrected chi connectivity index (χ1v) is 12.2. The summed E-state index contributed by atoms with van der Waals surface area (Å²) in [5, 5.41) is 6.35. The molecule has 2 aromatic carbocycles. The average Bonchev–Trinajstić information content (AvgIpc) is 2.90. The summed E-state index contributed by atoms with van der Waals surface area (Å²) in [6.45, 7) is 11.5. The van der Waals surface area contributed by atoms with Crippen LogP contribution >= 0.6 is 0 Å². The Bertz CT molecular complexity index is 1480. The van der Waals surface area contributed by atoms with Crippen LogP contribution in [0.5, 0.6) is 0 Å². The zero-order chi connectivity index (χ0) is 25.9. The van der Waals surface area contributed by atoms with Gasteiger partial charge in [0.05, 0.1) is 6.20 Å². The van der Waals surface area contributed by atoms with Crippen LogP contribution in [0.4, 0.5) is 23.1 Å². The summed E-state index contributed by atoms with van der Waals surface area (Å²) >= 11 is 0. The monoisotopic (exact) mass is 494 g/mol. The highest BCUT2D eigenvalue weighted by Crippen LogP contribution is 2.26. The maximum absolute atomic E-state index is 13.0. The van der Waals surface area contributed by atoms with Gasteiger partial charge in [0.25, 0.3) is 5.91 Å². The van der Waals surface area contributed by atoms with Gasteiger partial charge < -0.3 is 20.4 Å². The lowest BCUT2D eigenvalue weighted by Crippen LogP contribution is -2.45. The number of rotatable bonds is 6. The van der Waals surface area contributed by atoms with E-state index in [1.807, 2.05) is 56.3 Å². The van der Waals surface area contributed by atoms with Crippen LogP contribution in [0.15, 0.2) is 61.6 Å². The molecule has 0 bridgehead atoms. The first-order chi connectivity index (χ1) is 17.9. The van der Waals surface area contributed by atoms with Crippen molar-refractivity contribution >= 4 is 45.7 Å². The molecule has 9 heteroatoms. The number of likely N-dealkylation sites (N-methyl/N-ethyl adjacent to an activating group) is 1. The molecule has 0 atom stereocenters. The maximum Gasteiger partial charge on any atom is 0.255 e. The highest BCUT2D eigenvalue weighted by Gasteiger charge is 2.18. The molecule has 4 aromatic rings. The smallest absolute Gasteiger partial charge is 0.255 e. The van der Waals surface area contributed by atoms with Gasteiger partial charge in [0.15, 0.2) is 5.82 Å². The third kappa shape index (κ3) is 5.41. The zero-order valence-electron chi connectivity index (χ0n) is 21.3. The van der Waals surface area contributed by atoms with E-state index in [1.165, 1.54) is 6.33 Å². The summed E-state index contributed by atoms with van der Waals surface area (Å²) in [4.78, 5) is 35.7. The maximum atomic E-state index is 13.0. The third-order valence-corrected chi connectivity index (χ3v) is 6.52. The van der Waals surface area contributed by atoms with Crippen LogP contribution in [0.3, 0.4) is 0 Å². The second-order valence-corrected chi connectivity index (χ2v) is 9.39. The number of allylic oxidation sites excluding steroid dienone is 1. The minimum absolute atomic E-state index is 0.200. The summed E-state index contributed by atoms with van der Waals surface area (Å²) in [5.74, 6) is 1.03. The summed E-state index contributed by atoms with van der Waals surface area (Å²) in [5.41, 5.74) is 6.20. The fraction of sp³-hybridized carbons (Fsp3) is 0.250. The number of aromatic nitrogens is 4. The molecule has 1 amide bonds. The van der Waals surface area contributed by atoms with Gasteiger partial charge in [-0.1, -0.05) is 30.4 Å². The Labute approximate surface area is 216 Å². The molecule has 37 heavy (non-hydrogen) atoms. The molecule has 2 aromatic heterocycles. The molecular weight excluding hydrogens is 464 g/mol. The van der Waals surface area contributed by atoms with E-state index in [2.05, 4.69) is 49.0 Å². The van der Waals surface area contributed by atoms with Crippen LogP contribution in [0, 0.1) is 6.92 Å². The molecule has 0 unspecified atom stereocenters. The van der Waals surface area contributed by atoms with Gasteiger partial charge in [0.1, 0.15) is 17.4 Å². The van der Waals surface area contributed by atoms with E-state index in [0.717, 1.165) is 54.3 Å². The first kappa shape index (κ1) is 24.3. The van der Waals surface area contributed by atoms with Gasteiger partial charge >= 0.3 is 0 Å². The number of anilines is 4. The number of hydrogen-bond donors (Lipinski definition) is 2. The van der Waals surface area contributed by atoms with E-state index in [9.17, 15) is 4.79 Å². The van der Waals surface area contributed by atoms with Crippen LogP contribution in [-0.2, 0) is 0 Å². The number of nitrogens with one attached hydrogen (secondary N) is 2. The minimum atomic E-state index is -0.200. The highest BCUT2D eigenvalue weighted by molar-refractivity contribution is 6.05. The SMILES string of the molecule is C=C(C)c1cccc(NC(=O)c2ccc(C)c(Nc3ncnc4cnc(N5CCN(C)CC5)nc34)c2)c1. The van der Waals surface area contributed by atoms with Crippen molar-refractivity contribution in [2.24, 2.45) is 0 Å². The number of carbonyl (C=O) groups excluding carboxylic acids is 1. The van der Waals surface area contributed by atoms with E-state index in [4.69, 9.17) is 4.98 Å². The van der Waals surface area contributed by atoms with Crippen molar-refractivity contribution in [1.29, 1.82) is 0 Å². The Morgan fingerprint density at radius 3 is 2.59 bits per heavy atom. The molecule has 1 aliphatic rings. The lowest BCUT2D eigenvalue weighted by molar-refractivity contribution is 0.102. The lowest BCUT2D eigenvalue weighted by atomic mass is 10.1. The Morgan fingerprint density at radius 2 is 1.81 bits per heavy atom. The molecular formula is C28H30N8O. The van der Waals surface area contributed by atoms with Crippen molar-refractivity contribution in [2.75, 3.05) is 48.8 Å². The fourth-order valence-electron chi connectivity index (χ4n) is 4.19. The largest absolute Gasteiger partial charge is 0.338 e. The van der Waals surface area contributed by atoms with Gasteiger partial charge in [-0.25, -0.2) is 19.9 Å². The summed E-state index contributed by atoms with van der Waals surface area (Å²) in [6, 6.07) is 13.2. The second kappa shape index (κ2) is 10.3. The van der Waals surface area contributed by atoms with E-state index < -0.39 is 0 Å². The van der Waals surface area contributed by atoms with Gasteiger partial charge in [0, 0.05) is 43.1 Å². The van der Waals surface area contributed by atoms with E-state index in [1.54, 1.807) is 6.20 Å². The van der Waals surface area contributed by atoms with Crippen molar-refractivity contribution in [1.82, 2.24) is 24.8 Å². The first-order valence-electron chi connectivity index (χ1n) is 12.2. The van der Waals surface area contributed by atoms with E-state index >= 15 is 0 Å². The standard InChI is InChI=1S/C28H30N8O/c1-18(2)20-6-5-7-22(14-20)32-27(37)21-9-8-19(3)23(15-21)33-26-25-24(30-17-31-26)16-29-28(34-25)36-12-10-35(4)11-13-36/h5-9,14-17H,1,10-13H2,2-4H3,(H,32,37)(H,30,31,33). The van der Waals surface area contributed by atoms with Crippen molar-refractivity contribution in [2.45, 2.75) is 13.8 Å². The van der Waals surface area contributed by atoms with Crippen molar-refractivity contribution in [3.8, 4) is 0 Å². The number of nitrogens with zero attached hydrogens (tertiary/aromatic N) is 6. The predicted molar refractivity (Wildman–Crippen MR) is 148 cm³/mol. The molecule has 9 nitrogen and oxygen atoms in total. The molecule has 0 aliphatic carbocycles. The summed E-state index contributed by atoms with van der Waals surface area (Å²) in [6.07, 6.45) is 3.22. The molecule has 0 spiro atoms. The molecule has 1 fully saturated rings. The number of amides is 1. The topological polar surface area (TPSA) is 99.2 Å². The van der Waals surface area contributed by atoms with Gasteiger partial charge in [-0.05, 0) is 56.3 Å². The molecule has 188 valence electrons. The molecule has 2 N–H and O–H groups in total. The Morgan fingerprint density at radius 1 is 1.00 bits per heavy atom. The van der Waals surface area contributed by atoms with Crippen molar-refractivity contribution in [3.63, 3.8) is 0 Å². The van der Waals surface area contributed by atoms with E-state index in [-0.39, 0.29) is 5.91 Å². The van der Waals surface area contributed by atoms with Crippen LogP contribution < -0.4 is 15.5 Å². The molecule has 1 saturated heterocycles. The van der Waals surface area contributed by atoms with Gasteiger partial charge in [-0.2, -0.15) is 0 Å². The summed E-state index contributed by atoms with van der Waals surface area (Å²) < 4.78 is 0. The minimum Gasteiger partial charge on any atom is -0.338 e.